The molecule has 3 rings (SSSR count). The Balaban J connectivity index is 1.88. The summed E-state index contributed by atoms with van der Waals surface area (Å²) in [6.45, 7) is 3.99. The predicted octanol–water partition coefficient (Wildman–Crippen LogP) is 3.28. The number of hydrogen-bond acceptors (Lipinski definition) is 2. The number of nitrogens with two attached hydrogens (primary N) is 1. The zero-order chi connectivity index (χ0) is 18.7. The lowest BCUT2D eigenvalue weighted by Crippen LogP contribution is -2.46. The van der Waals surface area contributed by atoms with Crippen LogP contribution >= 0.6 is 0 Å². The molecule has 0 spiro atoms. The van der Waals surface area contributed by atoms with Crippen LogP contribution in [0.1, 0.15) is 27.0 Å². The number of rotatable bonds is 5. The molecule has 132 valence electrons. The van der Waals surface area contributed by atoms with Gasteiger partial charge in [-0.2, -0.15) is 0 Å². The van der Waals surface area contributed by atoms with Crippen LogP contribution in [0.5, 0.6) is 0 Å². The first kappa shape index (κ1) is 17.7. The Morgan fingerprint density at radius 1 is 0.923 bits per heavy atom. The molecule has 4 heteroatoms. The maximum atomic E-state index is 12.8. The number of nitrogens with one attached hydrogen (secondary N) is 1. The average Bonchev–Trinajstić information content (AvgIpc) is 2.63. The van der Waals surface area contributed by atoms with Gasteiger partial charge in [0.05, 0.1) is 0 Å². The molecule has 4 nitrogen and oxygen atoms in total. The standard InChI is InChI=1S/C22H22N2O2/c1-14-7-5-8-15(2)19(14)13-20(21(23)25)24-22(26)18-12-6-10-16-9-3-4-11-17(16)18/h3-12,20H,13H2,1-2H3,(H2,23,25)(H,24,26)/t20-/m0/s1. The Morgan fingerprint density at radius 3 is 2.23 bits per heavy atom. The fraction of sp³-hybridized carbons (Fsp3) is 0.182. The maximum absolute atomic E-state index is 12.8. The molecule has 3 aromatic rings. The molecule has 0 saturated carbocycles. The van der Waals surface area contributed by atoms with Gasteiger partial charge in [-0.1, -0.05) is 54.6 Å². The van der Waals surface area contributed by atoms with E-state index in [-0.39, 0.29) is 5.91 Å². The molecular formula is C22H22N2O2. The summed E-state index contributed by atoms with van der Waals surface area (Å²) in [5, 5.41) is 4.64. The average molecular weight is 346 g/mol. The molecule has 1 atom stereocenters. The van der Waals surface area contributed by atoms with Gasteiger partial charge in [-0.25, -0.2) is 0 Å². The molecule has 3 N–H and O–H groups in total. The van der Waals surface area contributed by atoms with Crippen molar-refractivity contribution in [1.82, 2.24) is 5.32 Å². The van der Waals surface area contributed by atoms with E-state index in [1.54, 1.807) is 6.07 Å². The molecule has 2 amide bonds. The van der Waals surface area contributed by atoms with Crippen molar-refractivity contribution >= 4 is 22.6 Å². The van der Waals surface area contributed by atoms with Crippen LogP contribution in [0.3, 0.4) is 0 Å². The number of carbonyl (C=O) groups excluding carboxylic acids is 2. The highest BCUT2D eigenvalue weighted by molar-refractivity contribution is 6.08. The lowest BCUT2D eigenvalue weighted by molar-refractivity contribution is -0.119. The van der Waals surface area contributed by atoms with Gasteiger partial charge in [0.15, 0.2) is 0 Å². The Kier molecular flexibility index (Phi) is 5.03. The first-order valence-electron chi connectivity index (χ1n) is 8.60. The van der Waals surface area contributed by atoms with Crippen LogP contribution in [0.4, 0.5) is 0 Å². The van der Waals surface area contributed by atoms with Crippen LogP contribution in [0.15, 0.2) is 60.7 Å². The lowest BCUT2D eigenvalue weighted by atomic mass is 9.95. The highest BCUT2D eigenvalue weighted by atomic mass is 16.2. The number of amides is 2. The highest BCUT2D eigenvalue weighted by Gasteiger charge is 2.22. The zero-order valence-corrected chi connectivity index (χ0v) is 15.0. The molecule has 0 heterocycles. The molecule has 3 aromatic carbocycles. The molecule has 0 unspecified atom stereocenters. The van der Waals surface area contributed by atoms with Crippen LogP contribution in [0.2, 0.25) is 0 Å². The fourth-order valence-corrected chi connectivity index (χ4v) is 3.26. The SMILES string of the molecule is Cc1cccc(C)c1C[C@H](NC(=O)c1cccc2ccccc12)C(N)=O. The smallest absolute Gasteiger partial charge is 0.252 e. The second-order valence-corrected chi connectivity index (χ2v) is 6.53. The van der Waals surface area contributed by atoms with E-state index in [0.717, 1.165) is 27.5 Å². The van der Waals surface area contributed by atoms with Crippen molar-refractivity contribution in [2.24, 2.45) is 5.73 Å². The summed E-state index contributed by atoms with van der Waals surface area (Å²) in [4.78, 5) is 24.8. The van der Waals surface area contributed by atoms with Gasteiger partial charge in [-0.3, -0.25) is 9.59 Å². The molecule has 0 fully saturated rings. The third kappa shape index (κ3) is 3.59. The number of aryl methyl sites for hydroxylation is 2. The van der Waals surface area contributed by atoms with Gasteiger partial charge < -0.3 is 11.1 Å². The predicted molar refractivity (Wildman–Crippen MR) is 104 cm³/mol. The summed E-state index contributed by atoms with van der Waals surface area (Å²) >= 11 is 0. The van der Waals surface area contributed by atoms with E-state index < -0.39 is 11.9 Å². The van der Waals surface area contributed by atoms with E-state index in [9.17, 15) is 9.59 Å². The van der Waals surface area contributed by atoms with Gasteiger partial charge in [-0.15, -0.1) is 0 Å². The molecule has 0 aliphatic heterocycles. The molecule has 0 saturated heterocycles. The first-order valence-corrected chi connectivity index (χ1v) is 8.60. The maximum Gasteiger partial charge on any atom is 0.252 e. The van der Waals surface area contributed by atoms with Crippen molar-refractivity contribution in [3.05, 3.63) is 82.9 Å². The van der Waals surface area contributed by atoms with E-state index >= 15 is 0 Å². The van der Waals surface area contributed by atoms with Gasteiger partial charge in [0.2, 0.25) is 5.91 Å². The van der Waals surface area contributed by atoms with Gasteiger partial charge in [-0.05, 0) is 47.4 Å². The molecule has 0 bridgehead atoms. The summed E-state index contributed by atoms with van der Waals surface area (Å²) in [5.74, 6) is -0.835. The minimum absolute atomic E-state index is 0.295. The first-order chi connectivity index (χ1) is 12.5. The van der Waals surface area contributed by atoms with Gasteiger partial charge >= 0.3 is 0 Å². The Hall–Kier alpha value is -3.14. The van der Waals surface area contributed by atoms with Gasteiger partial charge in [0, 0.05) is 12.0 Å². The van der Waals surface area contributed by atoms with Gasteiger partial charge in [0.1, 0.15) is 6.04 Å². The van der Waals surface area contributed by atoms with Crippen molar-refractivity contribution < 1.29 is 9.59 Å². The third-order valence-corrected chi connectivity index (χ3v) is 4.74. The fourth-order valence-electron chi connectivity index (χ4n) is 3.26. The molecule has 0 radical (unpaired) electrons. The summed E-state index contributed by atoms with van der Waals surface area (Å²) in [7, 11) is 0. The van der Waals surface area contributed by atoms with Crippen molar-refractivity contribution in [2.75, 3.05) is 0 Å². The van der Waals surface area contributed by atoms with Crippen LogP contribution in [-0.4, -0.2) is 17.9 Å². The minimum Gasteiger partial charge on any atom is -0.368 e. The summed E-state index contributed by atoms with van der Waals surface area (Å²) in [5.41, 5.74) is 9.30. The number of fused-ring (bicyclic) bond motifs is 1. The Bertz CT molecular complexity index is 953. The van der Waals surface area contributed by atoms with Crippen LogP contribution in [-0.2, 0) is 11.2 Å². The van der Waals surface area contributed by atoms with E-state index in [1.807, 2.05) is 68.4 Å². The third-order valence-electron chi connectivity index (χ3n) is 4.74. The summed E-state index contributed by atoms with van der Waals surface area (Å²) in [6, 6.07) is 18.4. The minimum atomic E-state index is -0.763. The zero-order valence-electron chi connectivity index (χ0n) is 15.0. The van der Waals surface area contributed by atoms with Crippen molar-refractivity contribution in [1.29, 1.82) is 0 Å². The van der Waals surface area contributed by atoms with Crippen LogP contribution < -0.4 is 11.1 Å². The van der Waals surface area contributed by atoms with Crippen LogP contribution in [0, 0.1) is 13.8 Å². The second-order valence-electron chi connectivity index (χ2n) is 6.53. The number of benzene rings is 3. The summed E-state index contributed by atoms with van der Waals surface area (Å²) < 4.78 is 0. The number of hydrogen-bond donors (Lipinski definition) is 2. The second kappa shape index (κ2) is 7.40. The molecule has 0 aliphatic carbocycles. The molecule has 26 heavy (non-hydrogen) atoms. The van der Waals surface area contributed by atoms with Gasteiger partial charge in [0.25, 0.3) is 5.91 Å². The Morgan fingerprint density at radius 2 is 1.54 bits per heavy atom. The van der Waals surface area contributed by atoms with Crippen molar-refractivity contribution in [3.63, 3.8) is 0 Å². The number of carbonyl (C=O) groups is 2. The molecular weight excluding hydrogens is 324 g/mol. The Labute approximate surface area is 153 Å². The number of primary amides is 1. The quantitative estimate of drug-likeness (QED) is 0.744. The molecule has 0 aromatic heterocycles. The van der Waals surface area contributed by atoms with Crippen LogP contribution in [0.25, 0.3) is 10.8 Å². The van der Waals surface area contributed by atoms with Crippen molar-refractivity contribution in [3.8, 4) is 0 Å². The summed E-state index contributed by atoms with van der Waals surface area (Å²) in [6.07, 6.45) is 0.379. The van der Waals surface area contributed by atoms with E-state index in [1.165, 1.54) is 0 Å². The molecule has 0 aliphatic rings. The van der Waals surface area contributed by atoms with E-state index in [2.05, 4.69) is 5.32 Å². The lowest BCUT2D eigenvalue weighted by Gasteiger charge is -2.19. The van der Waals surface area contributed by atoms with E-state index in [4.69, 9.17) is 5.73 Å². The van der Waals surface area contributed by atoms with Crippen molar-refractivity contribution in [2.45, 2.75) is 26.3 Å². The monoisotopic (exact) mass is 346 g/mol. The normalized spacial score (nSPS) is 11.9. The topological polar surface area (TPSA) is 72.2 Å². The largest absolute Gasteiger partial charge is 0.368 e. The van der Waals surface area contributed by atoms with E-state index in [0.29, 0.717) is 12.0 Å². The highest BCUT2D eigenvalue weighted by Crippen LogP contribution is 2.19.